The molecule has 0 aliphatic carbocycles. The van der Waals surface area contributed by atoms with E-state index in [1.54, 1.807) is 36.8 Å². The van der Waals surface area contributed by atoms with Gasteiger partial charge >= 0.3 is 5.97 Å². The predicted octanol–water partition coefficient (Wildman–Crippen LogP) is 2.40. The summed E-state index contributed by atoms with van der Waals surface area (Å²) in [4.78, 5) is 56.5. The Bertz CT molecular complexity index is 1220. The van der Waals surface area contributed by atoms with E-state index in [2.05, 4.69) is 34.9 Å². The summed E-state index contributed by atoms with van der Waals surface area (Å²) in [6.45, 7) is 2.02. The van der Waals surface area contributed by atoms with Crippen LogP contribution >= 0.6 is 0 Å². The molecule has 13 heteroatoms. The normalized spacial score (nSPS) is 8.72. The van der Waals surface area contributed by atoms with E-state index in [1.165, 1.54) is 48.9 Å². The van der Waals surface area contributed by atoms with Gasteiger partial charge in [0.2, 0.25) is 0 Å². The van der Waals surface area contributed by atoms with Crippen LogP contribution in [0.2, 0.25) is 0 Å². The Labute approximate surface area is 230 Å². The Morgan fingerprint density at radius 1 is 0.550 bits per heavy atom. The molecule has 5 aromatic heterocycles. The molecule has 0 bridgehead atoms. The number of aromatic carboxylic acids is 1. The van der Waals surface area contributed by atoms with E-state index >= 15 is 0 Å². The molecule has 0 aliphatic rings. The van der Waals surface area contributed by atoms with Gasteiger partial charge in [-0.15, -0.1) is 0 Å². The van der Waals surface area contributed by atoms with Crippen LogP contribution in [0.5, 0.6) is 0 Å². The quantitative estimate of drug-likeness (QED) is 0.301. The van der Waals surface area contributed by atoms with Gasteiger partial charge in [0.25, 0.3) is 11.8 Å². The van der Waals surface area contributed by atoms with Gasteiger partial charge in [-0.3, -0.25) is 34.5 Å². The summed E-state index contributed by atoms with van der Waals surface area (Å²) in [5.41, 5.74) is 11.5. The summed E-state index contributed by atoms with van der Waals surface area (Å²) in [7, 11) is 0. The van der Waals surface area contributed by atoms with E-state index < -0.39 is 17.8 Å². The molecule has 0 aliphatic heterocycles. The van der Waals surface area contributed by atoms with Crippen LogP contribution in [0.1, 0.15) is 37.0 Å². The zero-order chi connectivity index (χ0) is 29.4. The van der Waals surface area contributed by atoms with Crippen LogP contribution in [0, 0.1) is 6.92 Å². The molecule has 2 amide bonds. The molecule has 0 fully saturated rings. The number of rotatable bonds is 3. The molecule has 0 aromatic carbocycles. The minimum absolute atomic E-state index is 0.0301. The lowest BCUT2D eigenvalue weighted by Gasteiger charge is -1.88. The van der Waals surface area contributed by atoms with Gasteiger partial charge in [0.15, 0.2) is 5.69 Å². The van der Waals surface area contributed by atoms with Gasteiger partial charge in [0.1, 0.15) is 11.4 Å². The first-order valence-corrected chi connectivity index (χ1v) is 11.3. The maximum absolute atomic E-state index is 10.4. The number of primary amides is 2. The molecular weight excluding hydrogens is 514 g/mol. The van der Waals surface area contributed by atoms with E-state index in [0.29, 0.717) is 5.69 Å². The highest BCUT2D eigenvalue weighted by molar-refractivity contribution is 5.90. The smallest absolute Gasteiger partial charge is 0.356 e. The van der Waals surface area contributed by atoms with Gasteiger partial charge in [0.05, 0.1) is 12.4 Å². The SMILES string of the molecule is Cc1cccnc1.NC(=O)c1ccccn1.NC(=O)c1cnccn1.O=C(O)c1cnccn1.c1ccncc1. The first-order valence-electron chi connectivity index (χ1n) is 11.3. The van der Waals surface area contributed by atoms with Crippen molar-refractivity contribution in [2.45, 2.75) is 6.92 Å². The first kappa shape index (κ1) is 32.0. The van der Waals surface area contributed by atoms with Crippen molar-refractivity contribution < 1.29 is 19.5 Å². The molecule has 5 N–H and O–H groups in total. The number of carboxylic acids is 1. The molecule has 0 unspecified atom stereocenters. The number of nitrogens with zero attached hydrogens (tertiary/aromatic N) is 7. The highest BCUT2D eigenvalue weighted by Crippen LogP contribution is 1.90. The summed E-state index contributed by atoms with van der Waals surface area (Å²) < 4.78 is 0. The maximum Gasteiger partial charge on any atom is 0.356 e. The minimum Gasteiger partial charge on any atom is -0.476 e. The van der Waals surface area contributed by atoms with Gasteiger partial charge in [-0.05, 0) is 42.8 Å². The number of carbonyl (C=O) groups is 3. The second-order valence-corrected chi connectivity index (χ2v) is 6.98. The summed E-state index contributed by atoms with van der Waals surface area (Å²) in [6, 6.07) is 14.7. The molecule has 0 saturated heterocycles. The maximum atomic E-state index is 10.4. The van der Waals surface area contributed by atoms with Crippen molar-refractivity contribution in [3.63, 3.8) is 0 Å². The molecule has 5 aromatic rings. The van der Waals surface area contributed by atoms with E-state index in [-0.39, 0.29) is 11.4 Å². The van der Waals surface area contributed by atoms with Gasteiger partial charge in [-0.2, -0.15) is 0 Å². The lowest BCUT2D eigenvalue weighted by molar-refractivity contribution is 0.0689. The third-order valence-corrected chi connectivity index (χ3v) is 3.89. The summed E-state index contributed by atoms with van der Waals surface area (Å²) >= 11 is 0. The molecule has 0 spiro atoms. The number of aryl methyl sites for hydroxylation is 1. The van der Waals surface area contributed by atoms with Gasteiger partial charge in [0, 0.05) is 55.8 Å². The second kappa shape index (κ2) is 20.1. The summed E-state index contributed by atoms with van der Waals surface area (Å²) in [5, 5.41) is 8.28. The number of pyridine rings is 3. The average molecular weight is 542 g/mol. The largest absolute Gasteiger partial charge is 0.476 e. The molecule has 5 rings (SSSR count). The highest BCUT2D eigenvalue weighted by Gasteiger charge is 2.00. The van der Waals surface area contributed by atoms with Crippen LogP contribution in [0.3, 0.4) is 0 Å². The lowest BCUT2D eigenvalue weighted by atomic mass is 10.3. The summed E-state index contributed by atoms with van der Waals surface area (Å²) in [5.74, 6) is -2.10. The number of hydrogen-bond acceptors (Lipinski definition) is 10. The number of aromatic nitrogens is 7. The standard InChI is InChI=1S/C6H6N2O.C6H7N.C5H5N3O.C5H4N2O2.C5H5N/c7-6(9)5-3-1-2-4-8-5;1-6-3-2-4-7-5-6;6-5(9)4-3-7-1-2-8-4;8-5(9)4-3-6-1-2-7-4;1-2-4-6-5-3-1/h1-4H,(H2,7,9);2-5H,1H3;1-3H,(H2,6,9);1-3H,(H,8,9);1-5H. The molecule has 204 valence electrons. The fourth-order valence-corrected chi connectivity index (χ4v) is 2.11. The molecule has 13 nitrogen and oxygen atoms in total. The number of carbonyl (C=O) groups excluding carboxylic acids is 2. The van der Waals surface area contributed by atoms with Crippen LogP contribution in [-0.2, 0) is 0 Å². The van der Waals surface area contributed by atoms with Gasteiger partial charge in [-0.25, -0.2) is 14.8 Å². The number of carboxylic acid groups (broad SMARTS) is 1. The Morgan fingerprint density at radius 3 is 1.32 bits per heavy atom. The number of hydrogen-bond donors (Lipinski definition) is 3. The van der Waals surface area contributed by atoms with Crippen molar-refractivity contribution in [3.8, 4) is 0 Å². The fraction of sp³-hybridized carbons (Fsp3) is 0.0370. The van der Waals surface area contributed by atoms with E-state index in [9.17, 15) is 14.4 Å². The molecule has 5 heterocycles. The van der Waals surface area contributed by atoms with E-state index in [4.69, 9.17) is 16.6 Å². The number of amides is 2. The Morgan fingerprint density at radius 2 is 1.07 bits per heavy atom. The first-order chi connectivity index (χ1) is 19.3. The topological polar surface area (TPSA) is 214 Å². The predicted molar refractivity (Wildman–Crippen MR) is 146 cm³/mol. The van der Waals surface area contributed by atoms with Crippen LogP contribution in [0.25, 0.3) is 0 Å². The van der Waals surface area contributed by atoms with Crippen molar-refractivity contribution in [3.05, 3.63) is 139 Å². The molecule has 40 heavy (non-hydrogen) atoms. The van der Waals surface area contributed by atoms with Crippen molar-refractivity contribution in [2.75, 3.05) is 0 Å². The van der Waals surface area contributed by atoms with Crippen LogP contribution in [0.15, 0.2) is 117 Å². The third-order valence-electron chi connectivity index (χ3n) is 3.89. The zero-order valence-corrected chi connectivity index (χ0v) is 21.4. The van der Waals surface area contributed by atoms with Crippen molar-refractivity contribution in [2.24, 2.45) is 11.5 Å². The third kappa shape index (κ3) is 15.9. The van der Waals surface area contributed by atoms with Gasteiger partial charge < -0.3 is 16.6 Å². The van der Waals surface area contributed by atoms with Crippen LogP contribution in [0.4, 0.5) is 0 Å². The van der Waals surface area contributed by atoms with E-state index in [1.807, 2.05) is 43.5 Å². The molecule has 0 radical (unpaired) electrons. The average Bonchev–Trinajstić information content (AvgIpc) is 3.01. The fourth-order valence-electron chi connectivity index (χ4n) is 2.11. The minimum atomic E-state index is -1.05. The summed E-state index contributed by atoms with van der Waals surface area (Å²) in [6.07, 6.45) is 16.8. The number of nitrogens with two attached hydrogens (primary N) is 2. The molecular formula is C27H27N9O4. The highest BCUT2D eigenvalue weighted by atomic mass is 16.4. The Balaban J connectivity index is 0.000000252. The zero-order valence-electron chi connectivity index (χ0n) is 21.4. The Kier molecular flexibility index (Phi) is 16.1. The van der Waals surface area contributed by atoms with E-state index in [0.717, 1.165) is 0 Å². The monoisotopic (exact) mass is 541 g/mol. The Hall–Kier alpha value is -5.98. The van der Waals surface area contributed by atoms with Crippen LogP contribution < -0.4 is 11.5 Å². The van der Waals surface area contributed by atoms with Crippen molar-refractivity contribution in [1.82, 2.24) is 34.9 Å². The van der Waals surface area contributed by atoms with Crippen LogP contribution in [-0.4, -0.2) is 57.8 Å². The lowest BCUT2D eigenvalue weighted by Crippen LogP contribution is -2.12. The van der Waals surface area contributed by atoms with Gasteiger partial charge in [-0.1, -0.05) is 18.2 Å². The molecule has 0 atom stereocenters. The van der Waals surface area contributed by atoms with Crippen molar-refractivity contribution in [1.29, 1.82) is 0 Å². The van der Waals surface area contributed by atoms with Crippen molar-refractivity contribution >= 4 is 17.8 Å². The second-order valence-electron chi connectivity index (χ2n) is 6.98. The molecule has 0 saturated carbocycles.